The van der Waals surface area contributed by atoms with Crippen molar-refractivity contribution in [2.45, 2.75) is 103 Å². The van der Waals surface area contributed by atoms with Crippen molar-refractivity contribution in [1.82, 2.24) is 4.90 Å². The fourth-order valence-corrected chi connectivity index (χ4v) is 3.09. The molecule has 0 saturated carbocycles. The Balaban J connectivity index is -0.00000312. The molecule has 0 unspecified atom stereocenters. The first kappa shape index (κ1) is 29.0. The van der Waals surface area contributed by atoms with E-state index in [1.54, 1.807) is 18.1 Å². The SMILES string of the molecule is CCCCCCCCCCCCCCCCC=CC=CN(C)CC(=O)O.[H-].[Na+]. The number of hydrogen-bond acceptors (Lipinski definition) is 2. The Bertz CT molecular complexity index is 376. The first-order chi connectivity index (χ1) is 12.7. The monoisotopic (exact) mass is 389 g/mol. The van der Waals surface area contributed by atoms with Crippen LogP contribution in [0.2, 0.25) is 0 Å². The molecule has 27 heavy (non-hydrogen) atoms. The summed E-state index contributed by atoms with van der Waals surface area (Å²) in [6, 6.07) is 0. The molecule has 0 aromatic carbocycles. The van der Waals surface area contributed by atoms with Crippen molar-refractivity contribution in [3.63, 3.8) is 0 Å². The van der Waals surface area contributed by atoms with Crippen LogP contribution in [0.3, 0.4) is 0 Å². The van der Waals surface area contributed by atoms with Crippen molar-refractivity contribution in [3.8, 4) is 0 Å². The van der Waals surface area contributed by atoms with Gasteiger partial charge in [0.1, 0.15) is 6.54 Å². The van der Waals surface area contributed by atoms with E-state index < -0.39 is 5.97 Å². The molecular formula is C23H44NNaO2. The van der Waals surface area contributed by atoms with Crippen LogP contribution in [-0.4, -0.2) is 29.6 Å². The molecule has 0 aliphatic heterocycles. The fourth-order valence-electron chi connectivity index (χ4n) is 3.09. The van der Waals surface area contributed by atoms with E-state index in [1.807, 2.05) is 12.2 Å². The van der Waals surface area contributed by atoms with Gasteiger partial charge in [0.05, 0.1) is 0 Å². The van der Waals surface area contributed by atoms with E-state index in [-0.39, 0.29) is 37.5 Å². The number of rotatable bonds is 19. The van der Waals surface area contributed by atoms with Gasteiger partial charge in [0.15, 0.2) is 0 Å². The zero-order valence-electron chi connectivity index (χ0n) is 19.4. The summed E-state index contributed by atoms with van der Waals surface area (Å²) in [5.41, 5.74) is 0. The Hall–Kier alpha value is -0.250. The Morgan fingerprint density at radius 2 is 1.26 bits per heavy atom. The second-order valence-electron chi connectivity index (χ2n) is 7.46. The summed E-state index contributed by atoms with van der Waals surface area (Å²) in [4.78, 5) is 12.2. The Morgan fingerprint density at radius 3 is 1.70 bits per heavy atom. The molecule has 1 N–H and O–H groups in total. The van der Waals surface area contributed by atoms with Crippen molar-refractivity contribution in [2.24, 2.45) is 0 Å². The molecule has 154 valence electrons. The molecule has 3 nitrogen and oxygen atoms in total. The largest absolute Gasteiger partial charge is 1.00 e. The smallest absolute Gasteiger partial charge is 1.00 e. The van der Waals surface area contributed by atoms with Crippen LogP contribution >= 0.6 is 0 Å². The van der Waals surface area contributed by atoms with Crippen molar-refractivity contribution in [2.75, 3.05) is 13.6 Å². The first-order valence-corrected chi connectivity index (χ1v) is 10.9. The summed E-state index contributed by atoms with van der Waals surface area (Å²) in [5, 5.41) is 8.64. The van der Waals surface area contributed by atoms with Gasteiger partial charge in [0.2, 0.25) is 0 Å². The zero-order valence-corrected chi connectivity index (χ0v) is 20.4. The Morgan fingerprint density at radius 1 is 0.815 bits per heavy atom. The average Bonchev–Trinajstić information content (AvgIpc) is 2.60. The molecule has 0 radical (unpaired) electrons. The van der Waals surface area contributed by atoms with E-state index in [9.17, 15) is 4.79 Å². The molecule has 4 heteroatoms. The van der Waals surface area contributed by atoms with Crippen LogP contribution in [0.5, 0.6) is 0 Å². The number of likely N-dealkylation sites (N-methyl/N-ethyl adjacent to an activating group) is 1. The van der Waals surface area contributed by atoms with Crippen molar-refractivity contribution < 1.29 is 40.9 Å². The van der Waals surface area contributed by atoms with Gasteiger partial charge >= 0.3 is 35.5 Å². The van der Waals surface area contributed by atoms with E-state index in [1.165, 1.54) is 89.9 Å². The molecule has 0 spiro atoms. The molecule has 0 aliphatic rings. The Kier molecular flexibility index (Phi) is 25.5. The number of unbranched alkanes of at least 4 members (excludes halogenated alkanes) is 14. The average molecular weight is 390 g/mol. The number of carbonyl (C=O) groups is 1. The van der Waals surface area contributed by atoms with Crippen LogP contribution in [0.25, 0.3) is 0 Å². The molecule has 0 aliphatic carbocycles. The van der Waals surface area contributed by atoms with Crippen molar-refractivity contribution in [3.05, 3.63) is 24.4 Å². The minimum absolute atomic E-state index is 0. The molecule has 0 amide bonds. The molecular weight excluding hydrogens is 345 g/mol. The number of nitrogens with zero attached hydrogens (tertiary/aromatic N) is 1. The number of hydrogen-bond donors (Lipinski definition) is 1. The number of aliphatic carboxylic acids is 1. The fraction of sp³-hybridized carbons (Fsp3) is 0.783. The van der Waals surface area contributed by atoms with Crippen LogP contribution in [-0.2, 0) is 4.79 Å². The van der Waals surface area contributed by atoms with Crippen LogP contribution in [0.1, 0.15) is 105 Å². The van der Waals surface area contributed by atoms with Gasteiger partial charge in [-0.25, -0.2) is 0 Å². The van der Waals surface area contributed by atoms with Gasteiger partial charge in [-0.1, -0.05) is 103 Å². The van der Waals surface area contributed by atoms with Crippen molar-refractivity contribution >= 4 is 5.97 Å². The summed E-state index contributed by atoms with van der Waals surface area (Å²) in [5.74, 6) is -0.802. The summed E-state index contributed by atoms with van der Waals surface area (Å²) < 4.78 is 0. The predicted molar refractivity (Wildman–Crippen MR) is 115 cm³/mol. The second-order valence-corrected chi connectivity index (χ2v) is 7.46. The summed E-state index contributed by atoms with van der Waals surface area (Å²) in [6.45, 7) is 2.32. The van der Waals surface area contributed by atoms with Crippen LogP contribution in [0.15, 0.2) is 24.4 Å². The second kappa shape index (κ2) is 23.8. The first-order valence-electron chi connectivity index (χ1n) is 10.9. The third-order valence-electron chi connectivity index (χ3n) is 4.70. The number of carboxylic acids is 1. The third kappa shape index (κ3) is 25.8. The molecule has 0 heterocycles. The van der Waals surface area contributed by atoms with E-state index >= 15 is 0 Å². The summed E-state index contributed by atoms with van der Waals surface area (Å²) in [6.07, 6.45) is 28.6. The quantitative estimate of drug-likeness (QED) is 0.206. The van der Waals surface area contributed by atoms with Crippen LogP contribution in [0, 0.1) is 0 Å². The molecule has 0 bridgehead atoms. The molecule has 0 aromatic rings. The van der Waals surface area contributed by atoms with Gasteiger partial charge in [0.25, 0.3) is 0 Å². The predicted octanol–water partition coefficient (Wildman–Crippen LogP) is 4.06. The van der Waals surface area contributed by atoms with E-state index in [0.717, 1.165) is 6.42 Å². The minimum atomic E-state index is -0.802. The van der Waals surface area contributed by atoms with E-state index in [0.29, 0.717) is 0 Å². The molecule has 0 atom stereocenters. The van der Waals surface area contributed by atoms with Crippen LogP contribution in [0.4, 0.5) is 0 Å². The van der Waals surface area contributed by atoms with Gasteiger partial charge in [-0.2, -0.15) is 0 Å². The van der Waals surface area contributed by atoms with Crippen molar-refractivity contribution in [1.29, 1.82) is 0 Å². The number of carboxylic acid groups (broad SMARTS) is 1. The van der Waals surface area contributed by atoms with Gasteiger partial charge in [-0.3, -0.25) is 4.79 Å². The summed E-state index contributed by atoms with van der Waals surface area (Å²) >= 11 is 0. The molecule has 0 rings (SSSR count). The zero-order chi connectivity index (χ0) is 19.3. The molecule has 0 saturated heterocycles. The minimum Gasteiger partial charge on any atom is -1.00 e. The maximum absolute atomic E-state index is 10.5. The number of allylic oxidation sites excluding steroid dienone is 3. The van der Waals surface area contributed by atoms with E-state index in [4.69, 9.17) is 5.11 Å². The van der Waals surface area contributed by atoms with Crippen LogP contribution < -0.4 is 29.6 Å². The summed E-state index contributed by atoms with van der Waals surface area (Å²) in [7, 11) is 1.77. The molecule has 0 fully saturated rings. The topological polar surface area (TPSA) is 40.5 Å². The normalized spacial score (nSPS) is 11.2. The van der Waals surface area contributed by atoms with Gasteiger partial charge in [-0.05, 0) is 25.1 Å². The molecule has 0 aromatic heterocycles. The third-order valence-corrected chi connectivity index (χ3v) is 4.70. The standard InChI is InChI=1S/C23H43NO2.Na.H/c1-3-4-5-6-7-8-9-10-11-12-13-14-15-16-17-18-19-20-21-24(2)22-23(25)26;;/h18-21H,3-17,22H2,1-2H3,(H,25,26);;/q;+1;-1. The Labute approximate surface area is 192 Å². The van der Waals surface area contributed by atoms with E-state index in [2.05, 4.69) is 13.0 Å². The van der Waals surface area contributed by atoms with Gasteiger partial charge in [-0.15, -0.1) is 0 Å². The maximum atomic E-state index is 10.5. The van der Waals surface area contributed by atoms with Gasteiger partial charge in [0, 0.05) is 7.05 Å². The van der Waals surface area contributed by atoms with Gasteiger partial charge < -0.3 is 11.4 Å². The maximum Gasteiger partial charge on any atom is 1.00 e.